The van der Waals surface area contributed by atoms with Crippen LogP contribution in [0, 0.1) is 0 Å². The van der Waals surface area contributed by atoms with Crippen molar-refractivity contribution in [2.24, 2.45) is 0 Å². The molecule has 2 heterocycles. The van der Waals surface area contributed by atoms with E-state index in [2.05, 4.69) is 4.98 Å². The predicted octanol–water partition coefficient (Wildman–Crippen LogP) is 1.33. The average Bonchev–Trinajstić information content (AvgIpc) is 2.68. The van der Waals surface area contributed by atoms with Gasteiger partial charge in [0.1, 0.15) is 0 Å². The third kappa shape index (κ3) is 2.07. The largest absolute Gasteiger partial charge is 0.391 e. The number of β-amino-alcohol motifs (C(OH)–C–C–N with tert-alkyl or cyclic N) is 1. The molecule has 18 heavy (non-hydrogen) atoms. The van der Waals surface area contributed by atoms with E-state index < -0.39 is 6.10 Å². The maximum absolute atomic E-state index is 11.6. The molecule has 4 heteroatoms. The molecule has 0 aliphatic carbocycles. The number of fused-ring (bicyclic) bond motifs is 1. The SMILES string of the molecule is O=C1CC(O)CN1Cc1ccc2ncccc2c1. The molecular weight excluding hydrogens is 228 g/mol. The molecule has 1 aromatic heterocycles. The molecule has 92 valence electrons. The first kappa shape index (κ1) is 11.2. The van der Waals surface area contributed by atoms with E-state index in [1.54, 1.807) is 11.1 Å². The van der Waals surface area contributed by atoms with Crippen LogP contribution < -0.4 is 0 Å². The zero-order valence-electron chi connectivity index (χ0n) is 9.91. The Balaban J connectivity index is 1.84. The van der Waals surface area contributed by atoms with E-state index in [9.17, 15) is 9.90 Å². The molecule has 1 aliphatic heterocycles. The number of hydrogen-bond donors (Lipinski definition) is 1. The monoisotopic (exact) mass is 242 g/mol. The smallest absolute Gasteiger partial charge is 0.225 e. The number of aliphatic hydroxyl groups excluding tert-OH is 1. The molecule has 1 N–H and O–H groups in total. The lowest BCUT2D eigenvalue weighted by Gasteiger charge is -2.15. The van der Waals surface area contributed by atoms with E-state index in [0.717, 1.165) is 16.5 Å². The van der Waals surface area contributed by atoms with Crippen molar-refractivity contribution in [3.05, 3.63) is 42.1 Å². The van der Waals surface area contributed by atoms with Gasteiger partial charge in [-0.1, -0.05) is 12.1 Å². The van der Waals surface area contributed by atoms with Gasteiger partial charge in [0, 0.05) is 24.7 Å². The number of carbonyl (C=O) groups is 1. The first-order valence-corrected chi connectivity index (χ1v) is 6.02. The Morgan fingerprint density at radius 2 is 2.28 bits per heavy atom. The molecular formula is C14H14N2O2. The predicted molar refractivity (Wildman–Crippen MR) is 67.8 cm³/mol. The molecule has 4 nitrogen and oxygen atoms in total. The zero-order chi connectivity index (χ0) is 12.5. The van der Waals surface area contributed by atoms with Crippen LogP contribution in [0.4, 0.5) is 0 Å². The van der Waals surface area contributed by atoms with Gasteiger partial charge in [0.2, 0.25) is 5.91 Å². The quantitative estimate of drug-likeness (QED) is 0.864. The van der Waals surface area contributed by atoms with Crippen LogP contribution in [0.1, 0.15) is 12.0 Å². The molecule has 2 aromatic rings. The van der Waals surface area contributed by atoms with Crippen molar-refractivity contribution >= 4 is 16.8 Å². The van der Waals surface area contributed by atoms with Crippen molar-refractivity contribution in [2.75, 3.05) is 6.54 Å². The summed E-state index contributed by atoms with van der Waals surface area (Å²) in [7, 11) is 0. The van der Waals surface area contributed by atoms with Crippen LogP contribution in [-0.4, -0.2) is 33.5 Å². The minimum absolute atomic E-state index is 0.0220. The first-order chi connectivity index (χ1) is 8.72. The summed E-state index contributed by atoms with van der Waals surface area (Å²) in [4.78, 5) is 17.6. The molecule has 1 aliphatic rings. The van der Waals surface area contributed by atoms with Crippen LogP contribution in [0.25, 0.3) is 10.9 Å². The number of rotatable bonds is 2. The van der Waals surface area contributed by atoms with E-state index >= 15 is 0 Å². The molecule has 0 radical (unpaired) electrons. The second kappa shape index (κ2) is 4.38. The normalized spacial score (nSPS) is 19.7. The lowest BCUT2D eigenvalue weighted by atomic mass is 10.1. The Hall–Kier alpha value is -1.94. The summed E-state index contributed by atoms with van der Waals surface area (Å²) in [6.45, 7) is 0.991. The molecule has 3 rings (SSSR count). The molecule has 0 bridgehead atoms. The summed E-state index contributed by atoms with van der Waals surface area (Å²) in [6, 6.07) is 9.89. The Bertz CT molecular complexity index is 597. The number of likely N-dealkylation sites (tertiary alicyclic amines) is 1. The molecule has 1 atom stereocenters. The average molecular weight is 242 g/mol. The van der Waals surface area contributed by atoms with Crippen LogP contribution in [0.15, 0.2) is 36.5 Å². The standard InChI is InChI=1S/C14H14N2O2/c17-12-7-14(18)16(9-12)8-10-3-4-13-11(6-10)2-1-5-15-13/h1-6,12,17H,7-9H2. The number of aromatic nitrogens is 1. The Morgan fingerprint density at radius 1 is 1.39 bits per heavy atom. The van der Waals surface area contributed by atoms with Gasteiger partial charge in [0.15, 0.2) is 0 Å². The van der Waals surface area contributed by atoms with Gasteiger partial charge in [-0.3, -0.25) is 9.78 Å². The Labute approximate surface area is 105 Å². The Morgan fingerprint density at radius 3 is 3.06 bits per heavy atom. The number of amides is 1. The van der Waals surface area contributed by atoms with Gasteiger partial charge >= 0.3 is 0 Å². The number of benzene rings is 1. The van der Waals surface area contributed by atoms with E-state index in [-0.39, 0.29) is 12.3 Å². The van der Waals surface area contributed by atoms with Crippen molar-refractivity contribution in [3.8, 4) is 0 Å². The summed E-state index contributed by atoms with van der Waals surface area (Å²) in [6.07, 6.45) is 1.50. The number of carbonyl (C=O) groups excluding carboxylic acids is 1. The molecule has 0 saturated carbocycles. The van der Waals surface area contributed by atoms with Crippen molar-refractivity contribution in [1.29, 1.82) is 0 Å². The van der Waals surface area contributed by atoms with Gasteiger partial charge in [-0.15, -0.1) is 0 Å². The number of hydrogen-bond acceptors (Lipinski definition) is 3. The molecule has 1 saturated heterocycles. The summed E-state index contributed by atoms with van der Waals surface area (Å²) in [5.74, 6) is 0.0220. The van der Waals surface area contributed by atoms with Crippen molar-refractivity contribution < 1.29 is 9.90 Å². The summed E-state index contributed by atoms with van der Waals surface area (Å²) in [5, 5.41) is 10.5. The molecule has 1 amide bonds. The number of pyridine rings is 1. The van der Waals surface area contributed by atoms with Crippen molar-refractivity contribution in [3.63, 3.8) is 0 Å². The fraction of sp³-hybridized carbons (Fsp3) is 0.286. The highest BCUT2D eigenvalue weighted by Gasteiger charge is 2.27. The van der Waals surface area contributed by atoms with Crippen LogP contribution in [-0.2, 0) is 11.3 Å². The lowest BCUT2D eigenvalue weighted by Crippen LogP contribution is -2.25. The van der Waals surface area contributed by atoms with Crippen molar-refractivity contribution in [2.45, 2.75) is 19.1 Å². The number of aliphatic hydroxyl groups is 1. The topological polar surface area (TPSA) is 53.4 Å². The van der Waals surface area contributed by atoms with Crippen LogP contribution in [0.5, 0.6) is 0 Å². The number of nitrogens with zero attached hydrogens (tertiary/aromatic N) is 2. The zero-order valence-corrected chi connectivity index (χ0v) is 9.91. The third-order valence-corrected chi connectivity index (χ3v) is 3.23. The fourth-order valence-corrected chi connectivity index (χ4v) is 2.35. The van der Waals surface area contributed by atoms with E-state index in [4.69, 9.17) is 0 Å². The molecule has 0 spiro atoms. The second-order valence-electron chi connectivity index (χ2n) is 4.66. The van der Waals surface area contributed by atoms with Crippen molar-refractivity contribution in [1.82, 2.24) is 9.88 Å². The van der Waals surface area contributed by atoms with Crippen LogP contribution in [0.3, 0.4) is 0 Å². The highest BCUT2D eigenvalue weighted by atomic mass is 16.3. The van der Waals surface area contributed by atoms with Gasteiger partial charge in [0.05, 0.1) is 18.0 Å². The fourth-order valence-electron chi connectivity index (χ4n) is 2.35. The molecule has 1 unspecified atom stereocenters. The van der Waals surface area contributed by atoms with Gasteiger partial charge in [-0.25, -0.2) is 0 Å². The highest BCUT2D eigenvalue weighted by Crippen LogP contribution is 2.18. The highest BCUT2D eigenvalue weighted by molar-refractivity contribution is 5.80. The minimum Gasteiger partial charge on any atom is -0.391 e. The second-order valence-corrected chi connectivity index (χ2v) is 4.66. The first-order valence-electron chi connectivity index (χ1n) is 6.02. The maximum Gasteiger partial charge on any atom is 0.225 e. The molecule has 1 fully saturated rings. The van der Waals surface area contributed by atoms with Crippen LogP contribution >= 0.6 is 0 Å². The van der Waals surface area contributed by atoms with E-state index in [1.165, 1.54) is 0 Å². The summed E-state index contributed by atoms with van der Waals surface area (Å²) >= 11 is 0. The maximum atomic E-state index is 11.6. The lowest BCUT2D eigenvalue weighted by molar-refractivity contribution is -0.128. The third-order valence-electron chi connectivity index (χ3n) is 3.23. The van der Waals surface area contributed by atoms with Gasteiger partial charge in [0.25, 0.3) is 0 Å². The molecule has 1 aromatic carbocycles. The van der Waals surface area contributed by atoms with E-state index in [1.807, 2.05) is 30.3 Å². The van der Waals surface area contributed by atoms with Gasteiger partial charge in [-0.2, -0.15) is 0 Å². The Kier molecular flexibility index (Phi) is 2.72. The van der Waals surface area contributed by atoms with Gasteiger partial charge < -0.3 is 10.0 Å². The minimum atomic E-state index is -0.514. The summed E-state index contributed by atoms with van der Waals surface area (Å²) in [5.41, 5.74) is 2.02. The van der Waals surface area contributed by atoms with E-state index in [0.29, 0.717) is 13.1 Å². The van der Waals surface area contributed by atoms with Gasteiger partial charge in [-0.05, 0) is 23.8 Å². The van der Waals surface area contributed by atoms with Crippen LogP contribution in [0.2, 0.25) is 0 Å². The summed E-state index contributed by atoms with van der Waals surface area (Å²) < 4.78 is 0.